The van der Waals surface area contributed by atoms with Crippen LogP contribution in [0.1, 0.15) is 49.4 Å². The van der Waals surface area contributed by atoms with Crippen LogP contribution in [0.15, 0.2) is 24.3 Å². The van der Waals surface area contributed by atoms with Gasteiger partial charge in [0.05, 0.1) is 7.11 Å². The highest BCUT2D eigenvalue weighted by atomic mass is 16.5. The third kappa shape index (κ3) is 3.75. The smallest absolute Gasteiger partial charge is 0.251 e. The average Bonchev–Trinajstić information content (AvgIpc) is 2.53. The van der Waals surface area contributed by atoms with Crippen molar-refractivity contribution in [1.82, 2.24) is 5.32 Å². The lowest BCUT2D eigenvalue weighted by Gasteiger charge is -2.30. The van der Waals surface area contributed by atoms with E-state index in [9.17, 15) is 4.79 Å². The van der Waals surface area contributed by atoms with Gasteiger partial charge in [0.15, 0.2) is 0 Å². The standard InChI is InChI=1S/C17H25NO2/c1-3-13-6-4-5-7-15(13)12-18-17(19)14-8-10-16(20-2)11-9-14/h8-11,13,15H,3-7,12H2,1-2H3,(H,18,19). The first kappa shape index (κ1) is 14.9. The van der Waals surface area contributed by atoms with Gasteiger partial charge in [-0.05, 0) is 42.5 Å². The first-order chi connectivity index (χ1) is 9.74. The second-order valence-corrected chi connectivity index (χ2v) is 5.65. The maximum absolute atomic E-state index is 12.1. The topological polar surface area (TPSA) is 38.3 Å². The van der Waals surface area contributed by atoms with Crippen LogP contribution in [0.3, 0.4) is 0 Å². The average molecular weight is 275 g/mol. The zero-order valence-corrected chi connectivity index (χ0v) is 12.5. The number of ether oxygens (including phenoxy) is 1. The van der Waals surface area contributed by atoms with E-state index in [1.165, 1.54) is 32.1 Å². The zero-order valence-electron chi connectivity index (χ0n) is 12.5. The molecule has 2 rings (SSSR count). The quantitative estimate of drug-likeness (QED) is 0.891. The highest BCUT2D eigenvalue weighted by Crippen LogP contribution is 2.31. The molecule has 20 heavy (non-hydrogen) atoms. The van der Waals surface area contributed by atoms with Crippen LogP contribution in [0.4, 0.5) is 0 Å². The van der Waals surface area contributed by atoms with Crippen molar-refractivity contribution in [3.05, 3.63) is 29.8 Å². The lowest BCUT2D eigenvalue weighted by molar-refractivity contribution is 0.0933. The number of methoxy groups -OCH3 is 1. The Morgan fingerprint density at radius 3 is 2.45 bits per heavy atom. The summed E-state index contributed by atoms with van der Waals surface area (Å²) in [6.45, 7) is 3.07. The Kier molecular flexibility index (Phi) is 5.45. The van der Waals surface area contributed by atoms with Crippen LogP contribution in [0, 0.1) is 11.8 Å². The molecule has 1 N–H and O–H groups in total. The fourth-order valence-electron chi connectivity index (χ4n) is 3.16. The summed E-state index contributed by atoms with van der Waals surface area (Å²) < 4.78 is 5.10. The van der Waals surface area contributed by atoms with E-state index in [2.05, 4.69) is 12.2 Å². The van der Waals surface area contributed by atoms with Crippen LogP contribution in [0.2, 0.25) is 0 Å². The van der Waals surface area contributed by atoms with E-state index in [4.69, 9.17) is 4.74 Å². The van der Waals surface area contributed by atoms with Crippen LogP contribution in [0.25, 0.3) is 0 Å². The van der Waals surface area contributed by atoms with Crippen molar-refractivity contribution in [2.24, 2.45) is 11.8 Å². The van der Waals surface area contributed by atoms with Gasteiger partial charge in [0.25, 0.3) is 5.91 Å². The Morgan fingerprint density at radius 2 is 1.85 bits per heavy atom. The molecule has 1 saturated carbocycles. The van der Waals surface area contributed by atoms with Gasteiger partial charge in [-0.25, -0.2) is 0 Å². The van der Waals surface area contributed by atoms with Gasteiger partial charge < -0.3 is 10.1 Å². The molecule has 1 aliphatic carbocycles. The summed E-state index contributed by atoms with van der Waals surface area (Å²) in [5.74, 6) is 2.23. The summed E-state index contributed by atoms with van der Waals surface area (Å²) >= 11 is 0. The number of nitrogens with one attached hydrogen (secondary N) is 1. The molecule has 0 radical (unpaired) electrons. The number of carbonyl (C=O) groups is 1. The number of hydrogen-bond acceptors (Lipinski definition) is 2. The fourth-order valence-corrected chi connectivity index (χ4v) is 3.16. The van der Waals surface area contributed by atoms with Crippen molar-refractivity contribution < 1.29 is 9.53 Å². The number of amides is 1. The summed E-state index contributed by atoms with van der Waals surface area (Å²) in [6, 6.07) is 7.27. The van der Waals surface area contributed by atoms with Gasteiger partial charge in [0, 0.05) is 12.1 Å². The highest BCUT2D eigenvalue weighted by molar-refractivity contribution is 5.94. The lowest BCUT2D eigenvalue weighted by Crippen LogP contribution is -2.34. The Labute approximate surface area is 121 Å². The Morgan fingerprint density at radius 1 is 1.20 bits per heavy atom. The second-order valence-electron chi connectivity index (χ2n) is 5.65. The van der Waals surface area contributed by atoms with Gasteiger partial charge in [-0.2, -0.15) is 0 Å². The molecule has 0 aromatic heterocycles. The molecule has 3 heteroatoms. The Bertz CT molecular complexity index is 427. The molecular weight excluding hydrogens is 250 g/mol. The Hall–Kier alpha value is -1.51. The third-order valence-corrected chi connectivity index (χ3v) is 4.47. The maximum Gasteiger partial charge on any atom is 0.251 e. The minimum Gasteiger partial charge on any atom is -0.497 e. The zero-order chi connectivity index (χ0) is 14.4. The minimum atomic E-state index is 0.0214. The largest absolute Gasteiger partial charge is 0.497 e. The van der Waals surface area contributed by atoms with Crippen LogP contribution < -0.4 is 10.1 Å². The van der Waals surface area contributed by atoms with Crippen molar-refractivity contribution in [1.29, 1.82) is 0 Å². The first-order valence-electron chi connectivity index (χ1n) is 7.66. The van der Waals surface area contributed by atoms with Crippen molar-refractivity contribution in [3.63, 3.8) is 0 Å². The van der Waals surface area contributed by atoms with Crippen molar-refractivity contribution >= 4 is 5.91 Å². The monoisotopic (exact) mass is 275 g/mol. The van der Waals surface area contributed by atoms with Crippen molar-refractivity contribution in [2.75, 3.05) is 13.7 Å². The molecule has 0 spiro atoms. The first-order valence-corrected chi connectivity index (χ1v) is 7.66. The van der Waals surface area contributed by atoms with Gasteiger partial charge in [-0.15, -0.1) is 0 Å². The summed E-state index contributed by atoms with van der Waals surface area (Å²) in [4.78, 5) is 12.1. The minimum absolute atomic E-state index is 0.0214. The fraction of sp³-hybridized carbons (Fsp3) is 0.588. The number of rotatable bonds is 5. The molecule has 0 bridgehead atoms. The van der Waals surface area contributed by atoms with Crippen LogP contribution >= 0.6 is 0 Å². The van der Waals surface area contributed by atoms with Crippen molar-refractivity contribution in [3.8, 4) is 5.75 Å². The van der Waals surface area contributed by atoms with Crippen LogP contribution in [-0.4, -0.2) is 19.6 Å². The number of carbonyl (C=O) groups excluding carboxylic acids is 1. The van der Waals surface area contributed by atoms with Crippen LogP contribution in [0.5, 0.6) is 5.75 Å². The second kappa shape index (κ2) is 7.32. The van der Waals surface area contributed by atoms with E-state index in [1.54, 1.807) is 7.11 Å². The predicted molar refractivity (Wildman–Crippen MR) is 81.1 cm³/mol. The molecule has 0 saturated heterocycles. The molecule has 110 valence electrons. The summed E-state index contributed by atoms with van der Waals surface area (Å²) in [5.41, 5.74) is 0.703. The van der Waals surface area contributed by atoms with Gasteiger partial charge >= 0.3 is 0 Å². The summed E-state index contributed by atoms with van der Waals surface area (Å²) in [6.07, 6.45) is 6.45. The SMILES string of the molecule is CCC1CCCCC1CNC(=O)c1ccc(OC)cc1. The molecule has 1 amide bonds. The molecule has 0 aliphatic heterocycles. The molecule has 3 nitrogen and oxygen atoms in total. The molecule has 1 aromatic rings. The normalized spacial score (nSPS) is 22.3. The number of benzene rings is 1. The molecule has 2 unspecified atom stereocenters. The van der Waals surface area contributed by atoms with E-state index in [1.807, 2.05) is 24.3 Å². The van der Waals surface area contributed by atoms with E-state index in [0.29, 0.717) is 11.5 Å². The summed E-state index contributed by atoms with van der Waals surface area (Å²) in [7, 11) is 1.63. The molecule has 1 aliphatic rings. The van der Waals surface area contributed by atoms with E-state index < -0.39 is 0 Å². The molecule has 0 heterocycles. The number of hydrogen-bond donors (Lipinski definition) is 1. The van der Waals surface area contributed by atoms with Gasteiger partial charge in [-0.1, -0.05) is 32.6 Å². The maximum atomic E-state index is 12.1. The van der Waals surface area contributed by atoms with Crippen LogP contribution in [-0.2, 0) is 0 Å². The molecular formula is C17H25NO2. The van der Waals surface area contributed by atoms with Gasteiger partial charge in [0.2, 0.25) is 0 Å². The van der Waals surface area contributed by atoms with Gasteiger partial charge in [-0.3, -0.25) is 4.79 Å². The highest BCUT2D eigenvalue weighted by Gasteiger charge is 2.23. The predicted octanol–water partition coefficient (Wildman–Crippen LogP) is 3.64. The van der Waals surface area contributed by atoms with Gasteiger partial charge in [0.1, 0.15) is 5.75 Å². The van der Waals surface area contributed by atoms with Crippen molar-refractivity contribution in [2.45, 2.75) is 39.0 Å². The third-order valence-electron chi connectivity index (χ3n) is 4.47. The Balaban J connectivity index is 1.87. The van der Waals surface area contributed by atoms with E-state index in [0.717, 1.165) is 18.2 Å². The lowest BCUT2D eigenvalue weighted by atomic mass is 9.78. The molecule has 1 aromatic carbocycles. The molecule has 1 fully saturated rings. The van der Waals surface area contributed by atoms with E-state index in [-0.39, 0.29) is 5.91 Å². The molecule has 2 atom stereocenters. The summed E-state index contributed by atoms with van der Waals surface area (Å²) in [5, 5.41) is 3.09. The van der Waals surface area contributed by atoms with E-state index >= 15 is 0 Å².